The van der Waals surface area contributed by atoms with E-state index in [2.05, 4.69) is 5.10 Å². The molecule has 1 amide bonds. The number of rotatable bonds is 4. The molecule has 156 valence electrons. The molecular weight excluding hydrogens is 413 g/mol. The lowest BCUT2D eigenvalue weighted by molar-refractivity contribution is 0.0933. The highest BCUT2D eigenvalue weighted by atomic mass is 35.5. The monoisotopic (exact) mass is 437 g/mol. The van der Waals surface area contributed by atoms with E-state index in [1.165, 1.54) is 0 Å². The summed E-state index contributed by atoms with van der Waals surface area (Å²) in [5, 5.41) is 5.45. The molecule has 1 aliphatic heterocycles. The number of carbonyl (C=O) groups is 2. The number of benzene rings is 1. The van der Waals surface area contributed by atoms with Crippen LogP contribution in [0.1, 0.15) is 55.4 Å². The van der Waals surface area contributed by atoms with Crippen LogP contribution in [0, 0.1) is 5.41 Å². The third-order valence-electron chi connectivity index (χ3n) is 4.53. The van der Waals surface area contributed by atoms with Gasteiger partial charge in [0.2, 0.25) is 0 Å². The Morgan fingerprint density at radius 1 is 1.10 bits per heavy atom. The maximum atomic E-state index is 12.6. The van der Waals surface area contributed by atoms with Crippen molar-refractivity contribution in [1.29, 1.82) is 0 Å². The van der Waals surface area contributed by atoms with Crippen LogP contribution in [-0.4, -0.2) is 33.1 Å². The number of fused-ring (bicyclic) bond motifs is 1. The molecule has 0 saturated heterocycles. The fourth-order valence-electron chi connectivity index (χ4n) is 3.26. The Kier molecular flexibility index (Phi) is 6.54. The van der Waals surface area contributed by atoms with E-state index < -0.39 is 6.09 Å². The molecule has 1 aromatic heterocycles. The van der Waals surface area contributed by atoms with E-state index in [1.807, 2.05) is 25.5 Å². The first-order valence-electron chi connectivity index (χ1n) is 9.57. The van der Waals surface area contributed by atoms with Gasteiger partial charge >= 0.3 is 6.09 Å². The standard InChI is InChI=1S/C21H25Cl2N3O3/c1-21(2,3)11-19(27)18-10-17-12-25(5-4-6-26(17)24-18)20(28)29-13-14-7-15(22)9-16(23)8-14/h7-10H,4-6,11-13H2,1-3H3. The predicted octanol–water partition coefficient (Wildman–Crippen LogP) is 5.35. The molecule has 2 heterocycles. The molecule has 0 radical (unpaired) electrons. The Morgan fingerprint density at radius 2 is 1.79 bits per heavy atom. The summed E-state index contributed by atoms with van der Waals surface area (Å²) in [5.74, 6) is 0.0186. The van der Waals surface area contributed by atoms with E-state index in [-0.39, 0.29) is 17.8 Å². The maximum Gasteiger partial charge on any atom is 0.410 e. The highest BCUT2D eigenvalue weighted by molar-refractivity contribution is 6.34. The smallest absolute Gasteiger partial charge is 0.410 e. The van der Waals surface area contributed by atoms with Crippen LogP contribution in [0.25, 0.3) is 0 Å². The molecule has 1 aromatic carbocycles. The molecule has 29 heavy (non-hydrogen) atoms. The van der Waals surface area contributed by atoms with Gasteiger partial charge in [-0.2, -0.15) is 5.10 Å². The summed E-state index contributed by atoms with van der Waals surface area (Å²) in [7, 11) is 0. The summed E-state index contributed by atoms with van der Waals surface area (Å²) in [6.07, 6.45) is 0.746. The Morgan fingerprint density at radius 3 is 2.45 bits per heavy atom. The van der Waals surface area contributed by atoms with E-state index in [4.69, 9.17) is 27.9 Å². The molecule has 6 nitrogen and oxygen atoms in total. The molecule has 8 heteroatoms. The van der Waals surface area contributed by atoms with Crippen molar-refractivity contribution in [2.75, 3.05) is 6.54 Å². The zero-order valence-corrected chi connectivity index (χ0v) is 18.4. The second-order valence-corrected chi connectivity index (χ2v) is 9.38. The Bertz CT molecular complexity index is 898. The van der Waals surface area contributed by atoms with Crippen LogP contribution in [0.5, 0.6) is 0 Å². The van der Waals surface area contributed by atoms with Gasteiger partial charge in [0.05, 0.1) is 12.2 Å². The van der Waals surface area contributed by atoms with Crippen LogP contribution in [-0.2, 0) is 24.4 Å². The van der Waals surface area contributed by atoms with Crippen LogP contribution in [0.4, 0.5) is 4.79 Å². The van der Waals surface area contributed by atoms with Gasteiger partial charge in [0.1, 0.15) is 12.3 Å². The summed E-state index contributed by atoms with van der Waals surface area (Å²) >= 11 is 12.0. The second kappa shape index (κ2) is 8.76. The number of nitrogens with zero attached hydrogens (tertiary/aromatic N) is 3. The lowest BCUT2D eigenvalue weighted by Gasteiger charge is -2.19. The number of aromatic nitrogens is 2. The third kappa shape index (κ3) is 5.97. The van der Waals surface area contributed by atoms with Crippen LogP contribution >= 0.6 is 23.2 Å². The van der Waals surface area contributed by atoms with Crippen molar-refractivity contribution in [3.8, 4) is 0 Å². The minimum Gasteiger partial charge on any atom is -0.445 e. The van der Waals surface area contributed by atoms with Gasteiger partial charge in [0.25, 0.3) is 0 Å². The number of carbonyl (C=O) groups excluding carboxylic acids is 2. The van der Waals surface area contributed by atoms with Gasteiger partial charge < -0.3 is 9.64 Å². The first-order valence-corrected chi connectivity index (χ1v) is 10.3. The Balaban J connectivity index is 1.65. The molecule has 0 aliphatic carbocycles. The fourth-order valence-corrected chi connectivity index (χ4v) is 3.83. The molecule has 0 fully saturated rings. The van der Waals surface area contributed by atoms with Crippen molar-refractivity contribution in [1.82, 2.24) is 14.7 Å². The van der Waals surface area contributed by atoms with Crippen molar-refractivity contribution < 1.29 is 14.3 Å². The SMILES string of the molecule is CC(C)(C)CC(=O)c1cc2n(n1)CCCN(C(=O)OCc1cc(Cl)cc(Cl)c1)C2. The second-order valence-electron chi connectivity index (χ2n) is 8.51. The first-order chi connectivity index (χ1) is 13.6. The highest BCUT2D eigenvalue weighted by Gasteiger charge is 2.25. The molecule has 0 N–H and O–H groups in total. The summed E-state index contributed by atoms with van der Waals surface area (Å²) < 4.78 is 7.26. The van der Waals surface area contributed by atoms with Gasteiger partial charge in [-0.05, 0) is 41.7 Å². The largest absolute Gasteiger partial charge is 0.445 e. The van der Waals surface area contributed by atoms with Crippen LogP contribution in [0.15, 0.2) is 24.3 Å². The van der Waals surface area contributed by atoms with E-state index in [0.717, 1.165) is 17.7 Å². The van der Waals surface area contributed by atoms with E-state index in [0.29, 0.717) is 41.8 Å². The number of halogens is 2. The topological polar surface area (TPSA) is 64.4 Å². The van der Waals surface area contributed by atoms with Gasteiger partial charge in [-0.15, -0.1) is 0 Å². The lowest BCUT2D eigenvalue weighted by atomic mass is 9.89. The van der Waals surface area contributed by atoms with Gasteiger partial charge in [-0.25, -0.2) is 4.79 Å². The predicted molar refractivity (Wildman–Crippen MR) is 112 cm³/mol. The summed E-state index contributed by atoms with van der Waals surface area (Å²) in [5.41, 5.74) is 1.92. The van der Waals surface area contributed by atoms with Gasteiger partial charge in [-0.3, -0.25) is 9.48 Å². The van der Waals surface area contributed by atoms with Crippen molar-refractivity contribution in [2.45, 2.75) is 53.3 Å². The van der Waals surface area contributed by atoms with Crippen molar-refractivity contribution >= 4 is 35.1 Å². The third-order valence-corrected chi connectivity index (χ3v) is 4.97. The average molecular weight is 438 g/mol. The number of hydrogen-bond donors (Lipinski definition) is 0. The molecule has 2 aromatic rings. The van der Waals surface area contributed by atoms with Gasteiger partial charge in [0.15, 0.2) is 5.78 Å². The number of ether oxygens (including phenoxy) is 1. The van der Waals surface area contributed by atoms with Crippen LogP contribution in [0.2, 0.25) is 10.0 Å². The quantitative estimate of drug-likeness (QED) is 0.604. The van der Waals surface area contributed by atoms with Crippen molar-refractivity contribution in [3.63, 3.8) is 0 Å². The summed E-state index contributed by atoms with van der Waals surface area (Å²) in [6.45, 7) is 7.73. The zero-order chi connectivity index (χ0) is 21.2. The number of hydrogen-bond acceptors (Lipinski definition) is 4. The molecule has 1 aliphatic rings. The van der Waals surface area contributed by atoms with E-state index >= 15 is 0 Å². The van der Waals surface area contributed by atoms with Crippen LogP contribution in [0.3, 0.4) is 0 Å². The average Bonchev–Trinajstić information content (AvgIpc) is 2.89. The number of Topliss-reactive ketones (excluding diaryl/α,β-unsaturated/α-hetero) is 1. The number of aryl methyl sites for hydroxylation is 1. The molecule has 0 saturated carbocycles. The molecular formula is C21H25Cl2N3O3. The zero-order valence-electron chi connectivity index (χ0n) is 16.9. The first kappa shape index (κ1) is 21.7. The highest BCUT2D eigenvalue weighted by Crippen LogP contribution is 2.23. The van der Waals surface area contributed by atoms with Crippen molar-refractivity contribution in [3.05, 3.63) is 51.3 Å². The fraction of sp³-hybridized carbons (Fsp3) is 0.476. The molecule has 3 rings (SSSR count). The number of amides is 1. The number of ketones is 1. The summed E-state index contributed by atoms with van der Waals surface area (Å²) in [4.78, 5) is 26.7. The van der Waals surface area contributed by atoms with E-state index in [1.54, 1.807) is 29.2 Å². The van der Waals surface area contributed by atoms with Gasteiger partial charge in [0, 0.05) is 29.6 Å². The van der Waals surface area contributed by atoms with Crippen LogP contribution < -0.4 is 0 Å². The van der Waals surface area contributed by atoms with E-state index in [9.17, 15) is 9.59 Å². The molecule has 0 unspecified atom stereocenters. The normalized spacial score (nSPS) is 14.3. The molecule has 0 spiro atoms. The minimum atomic E-state index is -0.418. The Labute approximate surface area is 180 Å². The van der Waals surface area contributed by atoms with Gasteiger partial charge in [-0.1, -0.05) is 44.0 Å². The Hall–Kier alpha value is -2.05. The summed E-state index contributed by atoms with van der Waals surface area (Å²) in [6, 6.07) is 6.84. The molecule has 0 bridgehead atoms. The van der Waals surface area contributed by atoms with Crippen molar-refractivity contribution in [2.24, 2.45) is 5.41 Å². The maximum absolute atomic E-state index is 12.6. The minimum absolute atomic E-state index is 0.0186. The molecule has 0 atom stereocenters. The lowest BCUT2D eigenvalue weighted by Crippen LogP contribution is -2.31.